The predicted molar refractivity (Wildman–Crippen MR) is 53.0 cm³/mol. The molecule has 0 amide bonds. The normalized spacial score (nSPS) is 9.62. The molecule has 0 aliphatic carbocycles. The van der Waals surface area contributed by atoms with E-state index in [0.29, 0.717) is 0 Å². The number of nitrogens with zero attached hydrogens (tertiary/aromatic N) is 2. The van der Waals surface area contributed by atoms with Gasteiger partial charge >= 0.3 is 5.97 Å². The van der Waals surface area contributed by atoms with Crippen molar-refractivity contribution in [2.24, 2.45) is 7.05 Å². The SMILES string of the molecule is CC.Cn1nc(OCC(F)F)cc1C(=O)O. The molecule has 1 aromatic rings. The summed E-state index contributed by atoms with van der Waals surface area (Å²) in [6.07, 6.45) is -2.61. The van der Waals surface area contributed by atoms with Crippen LogP contribution in [0.15, 0.2) is 6.07 Å². The van der Waals surface area contributed by atoms with Crippen molar-refractivity contribution in [2.75, 3.05) is 6.61 Å². The molecule has 0 radical (unpaired) electrons. The molecule has 0 atom stereocenters. The lowest BCUT2D eigenvalue weighted by atomic mass is 10.4. The quantitative estimate of drug-likeness (QED) is 0.865. The minimum Gasteiger partial charge on any atom is -0.477 e. The molecular formula is C9H14F2N2O3. The molecule has 0 aliphatic rings. The topological polar surface area (TPSA) is 64.4 Å². The third kappa shape index (κ3) is 4.24. The van der Waals surface area contributed by atoms with Crippen molar-refractivity contribution in [3.63, 3.8) is 0 Å². The van der Waals surface area contributed by atoms with Crippen LogP contribution in [-0.4, -0.2) is 33.9 Å². The van der Waals surface area contributed by atoms with Crippen LogP contribution < -0.4 is 4.74 Å². The standard InChI is InChI=1S/C7H8F2N2O3.C2H6/c1-11-4(7(12)13)2-6(10-11)14-3-5(8)9;1-2/h2,5H,3H2,1H3,(H,12,13);1-2H3. The summed E-state index contributed by atoms with van der Waals surface area (Å²) in [5.41, 5.74) is -0.116. The molecule has 1 N–H and O–H groups in total. The molecule has 0 unspecified atom stereocenters. The highest BCUT2D eigenvalue weighted by atomic mass is 19.3. The number of hydrogen-bond acceptors (Lipinski definition) is 3. The van der Waals surface area contributed by atoms with E-state index in [1.165, 1.54) is 7.05 Å². The highest BCUT2D eigenvalue weighted by molar-refractivity contribution is 5.85. The zero-order valence-corrected chi connectivity index (χ0v) is 9.28. The molecule has 16 heavy (non-hydrogen) atoms. The van der Waals surface area contributed by atoms with Gasteiger partial charge in [-0.05, 0) is 0 Å². The minimum atomic E-state index is -2.61. The summed E-state index contributed by atoms with van der Waals surface area (Å²) < 4.78 is 29.0. The van der Waals surface area contributed by atoms with Crippen LogP contribution in [0.2, 0.25) is 0 Å². The molecule has 0 bridgehead atoms. The average Bonchev–Trinajstić information content (AvgIpc) is 2.60. The zero-order chi connectivity index (χ0) is 12.7. The Morgan fingerprint density at radius 1 is 1.62 bits per heavy atom. The van der Waals surface area contributed by atoms with E-state index in [0.717, 1.165) is 10.7 Å². The molecule has 0 spiro atoms. The van der Waals surface area contributed by atoms with Crippen molar-refractivity contribution in [2.45, 2.75) is 20.3 Å². The number of rotatable bonds is 4. The molecule has 1 rings (SSSR count). The van der Waals surface area contributed by atoms with Gasteiger partial charge < -0.3 is 9.84 Å². The van der Waals surface area contributed by atoms with Gasteiger partial charge in [0.15, 0.2) is 6.61 Å². The molecule has 92 valence electrons. The van der Waals surface area contributed by atoms with E-state index in [4.69, 9.17) is 5.11 Å². The van der Waals surface area contributed by atoms with Crippen molar-refractivity contribution in [3.8, 4) is 5.88 Å². The second-order valence-electron chi connectivity index (χ2n) is 2.50. The summed E-state index contributed by atoms with van der Waals surface area (Å²) in [5, 5.41) is 12.2. The van der Waals surface area contributed by atoms with Crippen LogP contribution in [0.3, 0.4) is 0 Å². The van der Waals surface area contributed by atoms with Crippen molar-refractivity contribution in [1.82, 2.24) is 9.78 Å². The maximum atomic E-state index is 11.7. The van der Waals surface area contributed by atoms with E-state index in [1.807, 2.05) is 13.8 Å². The third-order valence-electron chi connectivity index (χ3n) is 1.43. The Morgan fingerprint density at radius 3 is 2.56 bits per heavy atom. The molecule has 5 nitrogen and oxygen atoms in total. The number of hydrogen-bond donors (Lipinski definition) is 1. The van der Waals surface area contributed by atoms with E-state index in [2.05, 4.69) is 9.84 Å². The zero-order valence-electron chi connectivity index (χ0n) is 9.28. The first-order chi connectivity index (χ1) is 7.50. The molecular weight excluding hydrogens is 222 g/mol. The highest BCUT2D eigenvalue weighted by Gasteiger charge is 2.13. The van der Waals surface area contributed by atoms with E-state index >= 15 is 0 Å². The fourth-order valence-electron chi connectivity index (χ4n) is 0.860. The second-order valence-corrected chi connectivity index (χ2v) is 2.50. The van der Waals surface area contributed by atoms with Gasteiger partial charge in [-0.15, -0.1) is 5.10 Å². The minimum absolute atomic E-state index is 0.116. The summed E-state index contributed by atoms with van der Waals surface area (Å²) in [7, 11) is 1.39. The Balaban J connectivity index is 0.00000106. The summed E-state index contributed by atoms with van der Waals surface area (Å²) in [5.74, 6) is -1.31. The van der Waals surface area contributed by atoms with E-state index in [1.54, 1.807) is 0 Å². The Labute approximate surface area is 91.6 Å². The molecule has 0 saturated heterocycles. The fraction of sp³-hybridized carbons (Fsp3) is 0.556. The number of aryl methyl sites for hydroxylation is 1. The van der Waals surface area contributed by atoms with E-state index < -0.39 is 19.0 Å². The number of aromatic carboxylic acids is 1. The van der Waals surface area contributed by atoms with Crippen LogP contribution in [0, 0.1) is 0 Å². The van der Waals surface area contributed by atoms with Gasteiger partial charge in [-0.3, -0.25) is 4.68 Å². The molecule has 1 heterocycles. The highest BCUT2D eigenvalue weighted by Crippen LogP contribution is 2.11. The Bertz CT molecular complexity index is 339. The lowest BCUT2D eigenvalue weighted by Crippen LogP contribution is -2.07. The van der Waals surface area contributed by atoms with Crippen molar-refractivity contribution >= 4 is 5.97 Å². The largest absolute Gasteiger partial charge is 0.477 e. The Kier molecular flexibility index (Phi) is 6.06. The van der Waals surface area contributed by atoms with Crippen LogP contribution in [0.5, 0.6) is 5.88 Å². The van der Waals surface area contributed by atoms with Gasteiger partial charge in [-0.25, -0.2) is 13.6 Å². The lowest BCUT2D eigenvalue weighted by Gasteiger charge is -1.99. The second kappa shape index (κ2) is 6.76. The van der Waals surface area contributed by atoms with Gasteiger partial charge in [0, 0.05) is 13.1 Å². The summed E-state index contributed by atoms with van der Waals surface area (Å²) in [6.45, 7) is 3.20. The van der Waals surface area contributed by atoms with Gasteiger partial charge in [0.1, 0.15) is 5.69 Å². The van der Waals surface area contributed by atoms with E-state index in [9.17, 15) is 13.6 Å². The number of carboxylic acids is 1. The number of aromatic nitrogens is 2. The van der Waals surface area contributed by atoms with Crippen molar-refractivity contribution in [1.29, 1.82) is 0 Å². The van der Waals surface area contributed by atoms with Gasteiger partial charge in [0.25, 0.3) is 6.43 Å². The van der Waals surface area contributed by atoms with E-state index in [-0.39, 0.29) is 11.6 Å². The monoisotopic (exact) mass is 236 g/mol. The van der Waals surface area contributed by atoms with Crippen LogP contribution in [0.4, 0.5) is 8.78 Å². The van der Waals surface area contributed by atoms with Gasteiger partial charge in [-0.2, -0.15) is 0 Å². The number of alkyl halides is 2. The maximum absolute atomic E-state index is 11.7. The predicted octanol–water partition coefficient (Wildman–Crippen LogP) is 1.79. The number of carboxylic acid groups (broad SMARTS) is 1. The van der Waals surface area contributed by atoms with Gasteiger partial charge in [0.05, 0.1) is 0 Å². The third-order valence-corrected chi connectivity index (χ3v) is 1.43. The smallest absolute Gasteiger partial charge is 0.354 e. The molecule has 1 aromatic heterocycles. The number of carbonyl (C=O) groups is 1. The van der Waals surface area contributed by atoms with Crippen LogP contribution >= 0.6 is 0 Å². The maximum Gasteiger partial charge on any atom is 0.354 e. The summed E-state index contributed by atoms with van der Waals surface area (Å²) in [4.78, 5) is 10.5. The van der Waals surface area contributed by atoms with Crippen molar-refractivity contribution < 1.29 is 23.4 Å². The number of halogens is 2. The molecule has 7 heteroatoms. The van der Waals surface area contributed by atoms with Crippen LogP contribution in [0.1, 0.15) is 24.3 Å². The first kappa shape index (κ1) is 14.3. The lowest BCUT2D eigenvalue weighted by molar-refractivity contribution is 0.0685. The summed E-state index contributed by atoms with van der Waals surface area (Å²) in [6, 6.07) is 1.09. The summed E-state index contributed by atoms with van der Waals surface area (Å²) >= 11 is 0. The molecule has 0 aliphatic heterocycles. The first-order valence-electron chi connectivity index (χ1n) is 4.69. The van der Waals surface area contributed by atoms with Crippen LogP contribution in [0.25, 0.3) is 0 Å². The fourth-order valence-corrected chi connectivity index (χ4v) is 0.860. The Morgan fingerprint density at radius 2 is 2.19 bits per heavy atom. The molecule has 0 saturated carbocycles. The molecule has 0 aromatic carbocycles. The average molecular weight is 236 g/mol. The number of ether oxygens (including phenoxy) is 1. The van der Waals surface area contributed by atoms with Gasteiger partial charge in [0.2, 0.25) is 5.88 Å². The van der Waals surface area contributed by atoms with Gasteiger partial charge in [-0.1, -0.05) is 13.8 Å². The molecule has 0 fully saturated rings. The first-order valence-corrected chi connectivity index (χ1v) is 4.69. The Hall–Kier alpha value is -1.66. The van der Waals surface area contributed by atoms with Crippen molar-refractivity contribution in [3.05, 3.63) is 11.8 Å². The van der Waals surface area contributed by atoms with Crippen LogP contribution in [-0.2, 0) is 7.05 Å².